The van der Waals surface area contributed by atoms with Crippen LogP contribution in [0.3, 0.4) is 0 Å². The van der Waals surface area contributed by atoms with Gasteiger partial charge in [0.25, 0.3) is 0 Å². The molecule has 18 heavy (non-hydrogen) atoms. The van der Waals surface area contributed by atoms with Crippen LogP contribution < -0.4 is 5.32 Å². The van der Waals surface area contributed by atoms with Crippen LogP contribution in [-0.4, -0.2) is 16.3 Å². The van der Waals surface area contributed by atoms with Gasteiger partial charge in [-0.25, -0.2) is 13.5 Å². The first-order valence-corrected chi connectivity index (χ1v) is 6.30. The molecule has 3 nitrogen and oxygen atoms in total. The van der Waals surface area contributed by atoms with Crippen LogP contribution in [0.2, 0.25) is 0 Å². The topological polar surface area (TPSA) is 29.9 Å². The Bertz CT molecular complexity index is 531. The Labute approximate surface area is 112 Å². The third-order valence-corrected chi connectivity index (χ3v) is 2.85. The van der Waals surface area contributed by atoms with E-state index in [1.807, 2.05) is 6.92 Å². The molecule has 1 aromatic heterocycles. The van der Waals surface area contributed by atoms with Gasteiger partial charge in [-0.1, -0.05) is 6.92 Å². The molecule has 0 saturated heterocycles. The number of nitrogens with zero attached hydrogens (tertiary/aromatic N) is 2. The van der Waals surface area contributed by atoms with Gasteiger partial charge in [-0.15, -0.1) is 0 Å². The maximum Gasteiger partial charge on any atom is 0.152 e. The molecule has 0 atom stereocenters. The highest BCUT2D eigenvalue weighted by Gasteiger charge is 2.14. The summed E-state index contributed by atoms with van der Waals surface area (Å²) >= 11 is 3.19. The molecule has 0 aliphatic rings. The van der Waals surface area contributed by atoms with Crippen LogP contribution in [0.5, 0.6) is 0 Å². The molecule has 6 heteroatoms. The molecule has 0 saturated carbocycles. The van der Waals surface area contributed by atoms with Crippen LogP contribution in [0.4, 0.5) is 8.78 Å². The van der Waals surface area contributed by atoms with Crippen LogP contribution in [0, 0.1) is 11.6 Å². The number of hydrogen-bond donors (Lipinski definition) is 1. The zero-order chi connectivity index (χ0) is 13.1. The molecule has 0 radical (unpaired) electrons. The minimum Gasteiger partial charge on any atom is -0.313 e. The summed E-state index contributed by atoms with van der Waals surface area (Å²) in [5, 5.41) is 6.89. The van der Waals surface area contributed by atoms with E-state index in [-0.39, 0.29) is 5.69 Å². The van der Waals surface area contributed by atoms with Gasteiger partial charge in [0.05, 0.1) is 10.7 Å². The lowest BCUT2D eigenvalue weighted by Crippen LogP contribution is -2.13. The standard InChI is InChI=1S/C12H12BrF2N3/c1-2-16-5-8-3-10(14)12(11(15)4-8)18-7-9(13)6-17-18/h3-4,6-7,16H,2,5H2,1H3. The molecule has 0 aliphatic carbocycles. The fraction of sp³-hybridized carbons (Fsp3) is 0.250. The van der Waals surface area contributed by atoms with E-state index in [9.17, 15) is 8.78 Å². The number of rotatable bonds is 4. The summed E-state index contributed by atoms with van der Waals surface area (Å²) in [6, 6.07) is 2.63. The van der Waals surface area contributed by atoms with Gasteiger partial charge in [-0.05, 0) is 40.2 Å². The Hall–Kier alpha value is -1.27. The molecule has 96 valence electrons. The molecular weight excluding hydrogens is 304 g/mol. The zero-order valence-electron chi connectivity index (χ0n) is 9.75. The van der Waals surface area contributed by atoms with Crippen molar-refractivity contribution in [1.82, 2.24) is 15.1 Å². The largest absolute Gasteiger partial charge is 0.313 e. The van der Waals surface area contributed by atoms with Crippen molar-refractivity contribution in [2.75, 3.05) is 6.54 Å². The molecule has 1 heterocycles. The Morgan fingerprint density at radius 3 is 2.50 bits per heavy atom. The molecule has 0 bridgehead atoms. The van der Waals surface area contributed by atoms with Gasteiger partial charge in [0.1, 0.15) is 5.69 Å². The molecule has 0 fully saturated rings. The predicted molar refractivity (Wildman–Crippen MR) is 68.6 cm³/mol. The van der Waals surface area contributed by atoms with Crippen LogP contribution in [-0.2, 0) is 6.54 Å². The van der Waals surface area contributed by atoms with Crippen LogP contribution in [0.25, 0.3) is 5.69 Å². The lowest BCUT2D eigenvalue weighted by Gasteiger charge is -2.08. The fourth-order valence-electron chi connectivity index (χ4n) is 1.63. The summed E-state index contributed by atoms with van der Waals surface area (Å²) in [6.07, 6.45) is 2.98. The van der Waals surface area contributed by atoms with E-state index in [1.54, 1.807) is 0 Å². The van der Waals surface area contributed by atoms with Gasteiger partial charge in [0, 0.05) is 12.7 Å². The second-order valence-corrected chi connectivity index (χ2v) is 4.71. The van der Waals surface area contributed by atoms with Crippen molar-refractivity contribution >= 4 is 15.9 Å². The molecule has 1 N–H and O–H groups in total. The number of nitrogens with one attached hydrogen (secondary N) is 1. The maximum absolute atomic E-state index is 13.9. The monoisotopic (exact) mass is 315 g/mol. The van der Waals surface area contributed by atoms with Gasteiger partial charge >= 0.3 is 0 Å². The van der Waals surface area contributed by atoms with E-state index in [4.69, 9.17) is 0 Å². The van der Waals surface area contributed by atoms with E-state index in [0.29, 0.717) is 16.6 Å². The van der Waals surface area contributed by atoms with E-state index < -0.39 is 11.6 Å². The third-order valence-electron chi connectivity index (χ3n) is 2.44. The summed E-state index contributed by atoms with van der Waals surface area (Å²) in [6.45, 7) is 3.12. The molecule has 2 rings (SSSR count). The Kier molecular flexibility index (Phi) is 4.08. The first-order valence-electron chi connectivity index (χ1n) is 5.51. The smallest absolute Gasteiger partial charge is 0.152 e. The summed E-state index contributed by atoms with van der Waals surface area (Å²) in [5.74, 6) is -1.25. The number of hydrogen-bond acceptors (Lipinski definition) is 2. The minimum absolute atomic E-state index is 0.166. The summed E-state index contributed by atoms with van der Waals surface area (Å²) in [4.78, 5) is 0. The average molecular weight is 316 g/mol. The van der Waals surface area contributed by atoms with Crippen molar-refractivity contribution in [2.24, 2.45) is 0 Å². The van der Waals surface area contributed by atoms with Gasteiger partial charge < -0.3 is 5.32 Å². The van der Waals surface area contributed by atoms with E-state index in [0.717, 1.165) is 6.54 Å². The van der Waals surface area contributed by atoms with Crippen molar-refractivity contribution < 1.29 is 8.78 Å². The van der Waals surface area contributed by atoms with Crippen LogP contribution in [0.15, 0.2) is 29.0 Å². The van der Waals surface area contributed by atoms with E-state index >= 15 is 0 Å². The van der Waals surface area contributed by atoms with Crippen LogP contribution in [0.1, 0.15) is 12.5 Å². The molecule has 1 aromatic carbocycles. The first-order chi connectivity index (χ1) is 8.61. The highest BCUT2D eigenvalue weighted by molar-refractivity contribution is 9.10. The number of halogens is 3. The van der Waals surface area contributed by atoms with Crippen molar-refractivity contribution in [1.29, 1.82) is 0 Å². The van der Waals surface area contributed by atoms with Crippen molar-refractivity contribution in [3.05, 3.63) is 46.2 Å². The summed E-state index contributed by atoms with van der Waals surface area (Å²) in [7, 11) is 0. The van der Waals surface area contributed by atoms with Gasteiger partial charge in [-0.2, -0.15) is 5.10 Å². The maximum atomic E-state index is 13.9. The molecule has 0 unspecified atom stereocenters. The Balaban J connectivity index is 2.38. The quantitative estimate of drug-likeness (QED) is 0.940. The van der Waals surface area contributed by atoms with E-state index in [2.05, 4.69) is 26.3 Å². The Morgan fingerprint density at radius 2 is 2.00 bits per heavy atom. The Morgan fingerprint density at radius 1 is 1.33 bits per heavy atom. The van der Waals surface area contributed by atoms with Gasteiger partial charge in [-0.3, -0.25) is 0 Å². The van der Waals surface area contributed by atoms with Crippen molar-refractivity contribution in [2.45, 2.75) is 13.5 Å². The SMILES string of the molecule is CCNCc1cc(F)c(-n2cc(Br)cn2)c(F)c1. The predicted octanol–water partition coefficient (Wildman–Crippen LogP) is 3.02. The highest BCUT2D eigenvalue weighted by Crippen LogP contribution is 2.21. The summed E-state index contributed by atoms with van der Waals surface area (Å²) < 4.78 is 29.6. The third kappa shape index (κ3) is 2.76. The molecule has 0 spiro atoms. The van der Waals surface area contributed by atoms with Gasteiger partial charge in [0.2, 0.25) is 0 Å². The lowest BCUT2D eigenvalue weighted by atomic mass is 10.2. The molecular formula is C12H12BrF2N3. The van der Waals surface area contributed by atoms with E-state index in [1.165, 1.54) is 29.2 Å². The van der Waals surface area contributed by atoms with Gasteiger partial charge in [0.15, 0.2) is 11.6 Å². The summed E-state index contributed by atoms with van der Waals surface area (Å²) in [5.41, 5.74) is 0.405. The normalized spacial score (nSPS) is 10.9. The lowest BCUT2D eigenvalue weighted by molar-refractivity contribution is 0.554. The second-order valence-electron chi connectivity index (χ2n) is 3.79. The molecule has 2 aromatic rings. The molecule has 0 amide bonds. The first kappa shape index (κ1) is 13.2. The number of benzene rings is 1. The van der Waals surface area contributed by atoms with Crippen molar-refractivity contribution in [3.8, 4) is 5.69 Å². The number of aromatic nitrogens is 2. The highest BCUT2D eigenvalue weighted by atomic mass is 79.9. The zero-order valence-corrected chi connectivity index (χ0v) is 11.3. The fourth-order valence-corrected chi connectivity index (χ4v) is 1.92. The minimum atomic E-state index is -0.626. The average Bonchev–Trinajstić information content (AvgIpc) is 2.72. The van der Waals surface area contributed by atoms with Crippen LogP contribution >= 0.6 is 15.9 Å². The van der Waals surface area contributed by atoms with Crippen molar-refractivity contribution in [3.63, 3.8) is 0 Å². The molecule has 0 aliphatic heterocycles. The second kappa shape index (κ2) is 5.58.